The van der Waals surface area contributed by atoms with Crippen molar-refractivity contribution in [2.24, 2.45) is 0 Å². The van der Waals surface area contributed by atoms with E-state index < -0.39 is 27.7 Å². The second-order valence-corrected chi connectivity index (χ2v) is 10.2. The summed E-state index contributed by atoms with van der Waals surface area (Å²) in [5.74, 6) is -1.61. The Kier molecular flexibility index (Phi) is 7.42. The molecule has 0 bridgehead atoms. The molecule has 11 heteroatoms. The summed E-state index contributed by atoms with van der Waals surface area (Å²) < 4.78 is 59.2. The number of tetrazole rings is 1. The Morgan fingerprint density at radius 2 is 1.80 bits per heavy atom. The van der Waals surface area contributed by atoms with Gasteiger partial charge >= 0.3 is 0 Å². The highest BCUT2D eigenvalue weighted by Crippen LogP contribution is 2.37. The van der Waals surface area contributed by atoms with Crippen LogP contribution in [-0.4, -0.2) is 28.6 Å². The van der Waals surface area contributed by atoms with Gasteiger partial charge in [0.1, 0.15) is 18.0 Å². The molecule has 7 nitrogen and oxygen atoms in total. The van der Waals surface area contributed by atoms with Crippen LogP contribution in [0, 0.1) is 11.6 Å². The Hall–Kier alpha value is -3.37. The molecule has 0 N–H and O–H groups in total. The van der Waals surface area contributed by atoms with E-state index in [1.807, 2.05) is 12.1 Å². The van der Waals surface area contributed by atoms with Crippen molar-refractivity contribution in [3.63, 3.8) is 0 Å². The number of hydrogen-bond acceptors (Lipinski definition) is 5. The van der Waals surface area contributed by atoms with Gasteiger partial charge in [-0.2, -0.15) is 0 Å². The lowest BCUT2D eigenvalue weighted by molar-refractivity contribution is 0.554. The van der Waals surface area contributed by atoms with Gasteiger partial charge in [-0.3, -0.25) is 4.31 Å². The molecule has 0 saturated carbocycles. The average molecular weight is 518 g/mol. The van der Waals surface area contributed by atoms with Crippen LogP contribution in [0.2, 0.25) is 5.02 Å². The molecule has 1 unspecified atom stereocenters. The number of rotatable bonds is 9. The van der Waals surface area contributed by atoms with Crippen LogP contribution in [0.25, 0.3) is 0 Å². The molecule has 4 rings (SSSR count). The number of anilines is 1. The van der Waals surface area contributed by atoms with Crippen molar-refractivity contribution in [1.29, 1.82) is 0 Å². The summed E-state index contributed by atoms with van der Waals surface area (Å²) in [6.07, 6.45) is 2.80. The quantitative estimate of drug-likeness (QED) is 0.305. The molecule has 0 aliphatic carbocycles. The number of nitrogens with zero attached hydrogens (tertiary/aromatic N) is 5. The van der Waals surface area contributed by atoms with E-state index in [0.717, 1.165) is 28.1 Å². The first-order valence-electron chi connectivity index (χ1n) is 10.8. The van der Waals surface area contributed by atoms with Gasteiger partial charge in [0.25, 0.3) is 10.0 Å². The largest absolute Gasteiger partial charge is 0.264 e. The second-order valence-electron chi connectivity index (χ2n) is 7.90. The summed E-state index contributed by atoms with van der Waals surface area (Å²) in [7, 11) is -4.29. The first-order valence-corrected chi connectivity index (χ1v) is 12.6. The van der Waals surface area contributed by atoms with Gasteiger partial charge in [0, 0.05) is 17.6 Å². The highest BCUT2D eigenvalue weighted by Gasteiger charge is 2.33. The Morgan fingerprint density at radius 3 is 2.51 bits per heavy atom. The van der Waals surface area contributed by atoms with Crippen molar-refractivity contribution in [3.05, 3.63) is 101 Å². The summed E-state index contributed by atoms with van der Waals surface area (Å²) in [5, 5.41) is 11.4. The molecule has 1 heterocycles. The van der Waals surface area contributed by atoms with E-state index in [0.29, 0.717) is 30.0 Å². The van der Waals surface area contributed by atoms with E-state index in [9.17, 15) is 17.2 Å². The smallest absolute Gasteiger partial charge is 0.256 e. The monoisotopic (exact) mass is 517 g/mol. The van der Waals surface area contributed by atoms with Gasteiger partial charge in [0.15, 0.2) is 0 Å². The first kappa shape index (κ1) is 24.7. The maximum Gasteiger partial charge on any atom is 0.264 e. The maximum atomic E-state index is 15.0. The van der Waals surface area contributed by atoms with E-state index in [4.69, 9.17) is 11.6 Å². The summed E-state index contributed by atoms with van der Waals surface area (Å²) >= 11 is 5.94. The molecule has 35 heavy (non-hydrogen) atoms. The lowest BCUT2D eigenvalue weighted by atomic mass is 9.97. The van der Waals surface area contributed by atoms with Gasteiger partial charge in [0.05, 0.1) is 16.6 Å². The van der Waals surface area contributed by atoms with Crippen LogP contribution >= 0.6 is 11.6 Å². The molecule has 0 aliphatic heterocycles. The number of hydrogen-bond donors (Lipinski definition) is 0. The van der Waals surface area contributed by atoms with Crippen LogP contribution in [0.4, 0.5) is 14.5 Å². The molecule has 0 amide bonds. The van der Waals surface area contributed by atoms with Crippen molar-refractivity contribution in [1.82, 2.24) is 20.2 Å². The van der Waals surface area contributed by atoms with Crippen molar-refractivity contribution < 1.29 is 17.2 Å². The summed E-state index contributed by atoms with van der Waals surface area (Å²) in [5.41, 5.74) is 1.17. The lowest BCUT2D eigenvalue weighted by Crippen LogP contribution is -2.35. The van der Waals surface area contributed by atoms with Crippen LogP contribution in [0.3, 0.4) is 0 Å². The van der Waals surface area contributed by atoms with Crippen molar-refractivity contribution in [2.75, 3.05) is 4.31 Å². The van der Waals surface area contributed by atoms with Gasteiger partial charge in [-0.05, 0) is 77.7 Å². The van der Waals surface area contributed by atoms with Gasteiger partial charge < -0.3 is 0 Å². The average Bonchev–Trinajstić information content (AvgIpc) is 3.35. The number of sulfonamides is 1. The van der Waals surface area contributed by atoms with Crippen LogP contribution < -0.4 is 4.31 Å². The molecular formula is C24H22ClF2N5O2S. The van der Waals surface area contributed by atoms with Crippen molar-refractivity contribution in [2.45, 2.75) is 37.2 Å². The van der Waals surface area contributed by atoms with Gasteiger partial charge in [-0.1, -0.05) is 35.9 Å². The predicted octanol–water partition coefficient (Wildman–Crippen LogP) is 5.19. The molecule has 0 radical (unpaired) electrons. The number of benzene rings is 3. The molecule has 4 aromatic rings. The second kappa shape index (κ2) is 10.5. The van der Waals surface area contributed by atoms with E-state index in [1.165, 1.54) is 30.6 Å². The fourth-order valence-corrected chi connectivity index (χ4v) is 5.69. The van der Waals surface area contributed by atoms with Crippen molar-refractivity contribution in [3.8, 4) is 0 Å². The zero-order chi connectivity index (χ0) is 25.0. The SMILES string of the molecule is CC(c1ccccc1CCCn1cnnn1)N(c1cc(F)ccc1F)S(=O)(=O)c1ccc(Cl)cc1. The summed E-state index contributed by atoms with van der Waals surface area (Å²) in [6, 6.07) is 14.8. The summed E-state index contributed by atoms with van der Waals surface area (Å²) in [6.45, 7) is 2.22. The van der Waals surface area contributed by atoms with E-state index in [2.05, 4.69) is 15.5 Å². The van der Waals surface area contributed by atoms with Crippen LogP contribution in [-0.2, 0) is 23.0 Å². The topological polar surface area (TPSA) is 81.0 Å². The van der Waals surface area contributed by atoms with Gasteiger partial charge in [-0.15, -0.1) is 5.10 Å². The fraction of sp³-hybridized carbons (Fsp3) is 0.208. The van der Waals surface area contributed by atoms with Gasteiger partial charge in [0.2, 0.25) is 0 Å². The van der Waals surface area contributed by atoms with E-state index in [1.54, 1.807) is 23.7 Å². The zero-order valence-corrected chi connectivity index (χ0v) is 20.3. The van der Waals surface area contributed by atoms with Crippen LogP contribution in [0.1, 0.15) is 30.5 Å². The number of halogens is 3. The molecule has 0 saturated heterocycles. The first-order chi connectivity index (χ1) is 16.8. The third-order valence-electron chi connectivity index (χ3n) is 5.60. The van der Waals surface area contributed by atoms with E-state index >= 15 is 0 Å². The minimum atomic E-state index is -4.29. The molecule has 1 atom stereocenters. The number of aromatic nitrogens is 4. The molecule has 0 fully saturated rings. The molecule has 3 aromatic carbocycles. The fourth-order valence-electron chi connectivity index (χ4n) is 3.93. The standard InChI is InChI=1S/C24H22ClF2N5O2S/c1-17(22-7-3-2-5-18(22)6-4-14-31-16-28-29-30-31)32(24-15-20(26)10-13-23(24)27)35(33,34)21-11-8-19(25)9-12-21/h2-3,5,7-13,15-17H,4,6,14H2,1H3. The van der Waals surface area contributed by atoms with Crippen LogP contribution in [0.15, 0.2) is 78.0 Å². The Labute approximate surface area is 207 Å². The van der Waals surface area contributed by atoms with Crippen LogP contribution in [0.5, 0.6) is 0 Å². The number of aryl methyl sites for hydroxylation is 2. The zero-order valence-electron chi connectivity index (χ0n) is 18.7. The third kappa shape index (κ3) is 5.49. The molecule has 1 aromatic heterocycles. The molecule has 0 spiro atoms. The van der Waals surface area contributed by atoms with E-state index in [-0.39, 0.29) is 10.6 Å². The lowest BCUT2D eigenvalue weighted by Gasteiger charge is -2.32. The Balaban J connectivity index is 1.75. The normalized spacial score (nSPS) is 12.5. The van der Waals surface area contributed by atoms with Gasteiger partial charge in [-0.25, -0.2) is 21.9 Å². The highest BCUT2D eigenvalue weighted by molar-refractivity contribution is 7.92. The molecule has 0 aliphatic rings. The minimum Gasteiger partial charge on any atom is -0.256 e. The maximum absolute atomic E-state index is 15.0. The molecule has 182 valence electrons. The third-order valence-corrected chi connectivity index (χ3v) is 7.75. The molecular weight excluding hydrogens is 496 g/mol. The Morgan fingerprint density at radius 1 is 1.06 bits per heavy atom. The predicted molar refractivity (Wildman–Crippen MR) is 128 cm³/mol. The minimum absolute atomic E-state index is 0.0893. The highest BCUT2D eigenvalue weighted by atomic mass is 35.5. The van der Waals surface area contributed by atoms with Crippen molar-refractivity contribution >= 4 is 27.3 Å². The summed E-state index contributed by atoms with van der Waals surface area (Å²) in [4.78, 5) is -0.0893. The Bertz CT molecular complexity index is 1400.